The van der Waals surface area contributed by atoms with Gasteiger partial charge in [-0.05, 0) is 18.9 Å². The normalized spacial score (nSPS) is 10.5. The number of benzene rings is 1. The lowest BCUT2D eigenvalue weighted by Gasteiger charge is -2.02. The Hall–Kier alpha value is -1.77. The van der Waals surface area contributed by atoms with Crippen molar-refractivity contribution < 1.29 is 4.42 Å². The van der Waals surface area contributed by atoms with Gasteiger partial charge in [-0.15, -0.1) is 0 Å². The highest BCUT2D eigenvalue weighted by Gasteiger charge is 2.13. The molecule has 1 aromatic carbocycles. The van der Waals surface area contributed by atoms with Crippen LogP contribution in [0.25, 0.3) is 11.3 Å². The van der Waals surface area contributed by atoms with Crippen molar-refractivity contribution >= 4 is 6.01 Å². The van der Waals surface area contributed by atoms with Gasteiger partial charge in [-0.1, -0.05) is 31.2 Å². The van der Waals surface area contributed by atoms with Crippen molar-refractivity contribution in [3.8, 4) is 11.3 Å². The molecule has 0 saturated carbocycles. The van der Waals surface area contributed by atoms with E-state index in [2.05, 4.69) is 4.98 Å². The van der Waals surface area contributed by atoms with E-state index in [0.717, 1.165) is 23.4 Å². The van der Waals surface area contributed by atoms with Gasteiger partial charge in [-0.25, -0.2) is 0 Å². The molecule has 0 amide bonds. The summed E-state index contributed by atoms with van der Waals surface area (Å²) >= 11 is 0. The van der Waals surface area contributed by atoms with Crippen molar-refractivity contribution in [2.45, 2.75) is 20.3 Å². The molecule has 0 aliphatic heterocycles. The summed E-state index contributed by atoms with van der Waals surface area (Å²) in [4.78, 5) is 4.16. The topological polar surface area (TPSA) is 52.0 Å². The summed E-state index contributed by atoms with van der Waals surface area (Å²) in [6, 6.07) is 8.30. The molecule has 3 heteroatoms. The fourth-order valence-electron chi connectivity index (χ4n) is 1.65. The van der Waals surface area contributed by atoms with Gasteiger partial charge in [0, 0.05) is 5.56 Å². The van der Waals surface area contributed by atoms with Crippen LogP contribution in [0.5, 0.6) is 0 Å². The number of hydrogen-bond donors (Lipinski definition) is 1. The molecule has 0 aliphatic rings. The SMILES string of the molecule is CCc1nc(N)oc1-c1ccccc1C. The quantitative estimate of drug-likeness (QED) is 0.814. The predicted molar refractivity (Wildman–Crippen MR) is 60.5 cm³/mol. The number of rotatable bonds is 2. The largest absolute Gasteiger partial charge is 0.423 e. The maximum absolute atomic E-state index is 5.56. The fourth-order valence-corrected chi connectivity index (χ4v) is 1.65. The van der Waals surface area contributed by atoms with Crippen LogP contribution >= 0.6 is 0 Å². The van der Waals surface area contributed by atoms with Crippen molar-refractivity contribution in [1.82, 2.24) is 4.98 Å². The van der Waals surface area contributed by atoms with E-state index in [1.165, 1.54) is 5.56 Å². The van der Waals surface area contributed by atoms with Crippen LogP contribution in [0.4, 0.5) is 6.01 Å². The summed E-state index contributed by atoms with van der Waals surface area (Å²) in [5, 5.41) is 0. The number of oxazole rings is 1. The number of nitrogens with two attached hydrogens (primary N) is 1. The summed E-state index contributed by atoms with van der Waals surface area (Å²) in [5.41, 5.74) is 8.72. The molecule has 1 heterocycles. The first kappa shape index (κ1) is 9.77. The third-order valence-corrected chi connectivity index (χ3v) is 2.44. The summed E-state index contributed by atoms with van der Waals surface area (Å²) in [6.45, 7) is 4.09. The van der Waals surface area contributed by atoms with E-state index >= 15 is 0 Å². The van der Waals surface area contributed by atoms with Crippen molar-refractivity contribution in [3.05, 3.63) is 35.5 Å². The monoisotopic (exact) mass is 202 g/mol. The minimum atomic E-state index is 0.241. The number of nitrogens with zero attached hydrogens (tertiary/aromatic N) is 1. The number of anilines is 1. The Balaban J connectivity index is 2.58. The van der Waals surface area contributed by atoms with Crippen LogP contribution in [-0.4, -0.2) is 4.98 Å². The van der Waals surface area contributed by atoms with E-state index in [9.17, 15) is 0 Å². The molecule has 2 aromatic rings. The summed E-state index contributed by atoms with van der Waals surface area (Å²) in [5.74, 6) is 0.799. The molecular weight excluding hydrogens is 188 g/mol. The van der Waals surface area contributed by atoms with Crippen LogP contribution in [0.1, 0.15) is 18.2 Å². The first-order valence-corrected chi connectivity index (χ1v) is 5.03. The molecule has 78 valence electrons. The smallest absolute Gasteiger partial charge is 0.292 e. The third-order valence-electron chi connectivity index (χ3n) is 2.44. The van der Waals surface area contributed by atoms with Crippen molar-refractivity contribution in [2.24, 2.45) is 0 Å². The Morgan fingerprint density at radius 1 is 1.33 bits per heavy atom. The molecule has 0 unspecified atom stereocenters. The van der Waals surface area contributed by atoms with Crippen LogP contribution in [0.3, 0.4) is 0 Å². The lowest BCUT2D eigenvalue weighted by Crippen LogP contribution is -1.87. The maximum atomic E-state index is 5.56. The van der Waals surface area contributed by atoms with Crippen LogP contribution in [0.2, 0.25) is 0 Å². The average molecular weight is 202 g/mol. The van der Waals surface area contributed by atoms with Gasteiger partial charge >= 0.3 is 0 Å². The Morgan fingerprint density at radius 2 is 2.07 bits per heavy atom. The molecule has 0 saturated heterocycles. The lowest BCUT2D eigenvalue weighted by molar-refractivity contribution is 0.593. The van der Waals surface area contributed by atoms with E-state index in [1.807, 2.05) is 38.1 Å². The van der Waals surface area contributed by atoms with E-state index in [0.29, 0.717) is 0 Å². The summed E-state index contributed by atoms with van der Waals surface area (Å²) in [7, 11) is 0. The minimum absolute atomic E-state index is 0.241. The second-order valence-corrected chi connectivity index (χ2v) is 3.50. The Morgan fingerprint density at radius 3 is 2.73 bits per heavy atom. The molecule has 0 aliphatic carbocycles. The molecule has 0 bridgehead atoms. The summed E-state index contributed by atoms with van der Waals surface area (Å²) in [6.07, 6.45) is 0.824. The van der Waals surface area contributed by atoms with Gasteiger partial charge in [0.05, 0.1) is 5.69 Å². The van der Waals surface area contributed by atoms with E-state index in [1.54, 1.807) is 0 Å². The van der Waals surface area contributed by atoms with Crippen LogP contribution < -0.4 is 5.73 Å². The van der Waals surface area contributed by atoms with Crippen LogP contribution in [0.15, 0.2) is 28.7 Å². The molecule has 0 spiro atoms. The molecule has 1 aromatic heterocycles. The second kappa shape index (κ2) is 3.77. The number of aryl methyl sites for hydroxylation is 2. The highest BCUT2D eigenvalue weighted by atomic mass is 16.4. The maximum Gasteiger partial charge on any atom is 0.292 e. The van der Waals surface area contributed by atoms with Gasteiger partial charge < -0.3 is 10.2 Å². The molecule has 2 rings (SSSR count). The Labute approximate surface area is 88.9 Å². The van der Waals surface area contributed by atoms with Crippen LogP contribution in [-0.2, 0) is 6.42 Å². The molecule has 3 nitrogen and oxygen atoms in total. The number of hydrogen-bond acceptors (Lipinski definition) is 3. The zero-order valence-corrected chi connectivity index (χ0v) is 8.95. The third kappa shape index (κ3) is 1.73. The van der Waals surface area contributed by atoms with Crippen LogP contribution in [0, 0.1) is 6.92 Å². The zero-order valence-electron chi connectivity index (χ0n) is 8.95. The first-order chi connectivity index (χ1) is 7.22. The van der Waals surface area contributed by atoms with Gasteiger partial charge in [0.2, 0.25) is 0 Å². The van der Waals surface area contributed by atoms with E-state index in [4.69, 9.17) is 10.2 Å². The Kier molecular flexibility index (Phi) is 2.46. The molecule has 0 atom stereocenters. The standard InChI is InChI=1S/C12H14N2O/c1-3-10-11(15-12(13)14-10)9-7-5-4-6-8(9)2/h4-7H,3H2,1-2H3,(H2,13,14). The molecular formula is C12H14N2O. The highest BCUT2D eigenvalue weighted by molar-refractivity contribution is 5.64. The zero-order chi connectivity index (χ0) is 10.8. The van der Waals surface area contributed by atoms with Crippen molar-refractivity contribution in [2.75, 3.05) is 5.73 Å². The van der Waals surface area contributed by atoms with Gasteiger partial charge in [0.15, 0.2) is 5.76 Å². The molecule has 2 N–H and O–H groups in total. The fraction of sp³-hybridized carbons (Fsp3) is 0.250. The highest BCUT2D eigenvalue weighted by Crippen LogP contribution is 2.28. The molecule has 15 heavy (non-hydrogen) atoms. The number of aromatic nitrogens is 1. The van der Waals surface area contributed by atoms with Gasteiger partial charge in [0.1, 0.15) is 0 Å². The predicted octanol–water partition coefficient (Wildman–Crippen LogP) is 2.79. The Bertz CT molecular complexity index is 474. The molecule has 0 radical (unpaired) electrons. The van der Waals surface area contributed by atoms with E-state index < -0.39 is 0 Å². The van der Waals surface area contributed by atoms with Gasteiger partial charge in [0.25, 0.3) is 6.01 Å². The number of nitrogen functional groups attached to an aromatic ring is 1. The second-order valence-electron chi connectivity index (χ2n) is 3.50. The average Bonchev–Trinajstić information content (AvgIpc) is 2.60. The van der Waals surface area contributed by atoms with E-state index in [-0.39, 0.29) is 6.01 Å². The van der Waals surface area contributed by atoms with Gasteiger partial charge in [-0.2, -0.15) is 4.98 Å². The van der Waals surface area contributed by atoms with Gasteiger partial charge in [-0.3, -0.25) is 0 Å². The van der Waals surface area contributed by atoms with Crippen molar-refractivity contribution in [3.63, 3.8) is 0 Å². The molecule has 0 fully saturated rings. The first-order valence-electron chi connectivity index (χ1n) is 5.03. The lowest BCUT2D eigenvalue weighted by atomic mass is 10.0. The summed E-state index contributed by atoms with van der Waals surface area (Å²) < 4.78 is 5.44. The minimum Gasteiger partial charge on any atom is -0.423 e. The van der Waals surface area contributed by atoms with Crippen molar-refractivity contribution in [1.29, 1.82) is 0 Å².